The van der Waals surface area contributed by atoms with Crippen LogP contribution in [0.2, 0.25) is 5.02 Å². The SMILES string of the molecule is CC1CC(C)CN(c2ccc(NC=O)cc2Cl)C1. The molecule has 1 N–H and O–H groups in total. The van der Waals surface area contributed by atoms with Crippen LogP contribution in [0, 0.1) is 11.8 Å². The molecule has 2 atom stereocenters. The van der Waals surface area contributed by atoms with Gasteiger partial charge in [0, 0.05) is 18.8 Å². The molecule has 98 valence electrons. The lowest BCUT2D eigenvalue weighted by atomic mass is 9.91. The third kappa shape index (κ3) is 2.96. The number of anilines is 2. The van der Waals surface area contributed by atoms with Crippen molar-refractivity contribution in [1.29, 1.82) is 0 Å². The van der Waals surface area contributed by atoms with Gasteiger partial charge in [-0.2, -0.15) is 0 Å². The number of piperidine rings is 1. The van der Waals surface area contributed by atoms with Crippen molar-refractivity contribution in [1.82, 2.24) is 0 Å². The lowest BCUT2D eigenvalue weighted by Crippen LogP contribution is -2.38. The Hall–Kier alpha value is -1.22. The molecule has 0 saturated carbocycles. The van der Waals surface area contributed by atoms with E-state index in [2.05, 4.69) is 24.1 Å². The smallest absolute Gasteiger partial charge is 0.211 e. The van der Waals surface area contributed by atoms with Crippen molar-refractivity contribution in [3.8, 4) is 0 Å². The summed E-state index contributed by atoms with van der Waals surface area (Å²) < 4.78 is 0. The number of benzene rings is 1. The van der Waals surface area contributed by atoms with Gasteiger partial charge in [0.05, 0.1) is 10.7 Å². The highest BCUT2D eigenvalue weighted by molar-refractivity contribution is 6.33. The first-order chi connectivity index (χ1) is 8.60. The van der Waals surface area contributed by atoms with Crippen LogP contribution in [0.15, 0.2) is 18.2 Å². The molecule has 1 heterocycles. The normalized spacial score (nSPS) is 23.8. The lowest BCUT2D eigenvalue weighted by molar-refractivity contribution is -0.105. The first-order valence-corrected chi connectivity index (χ1v) is 6.72. The lowest BCUT2D eigenvalue weighted by Gasteiger charge is -2.37. The summed E-state index contributed by atoms with van der Waals surface area (Å²) in [7, 11) is 0. The van der Waals surface area contributed by atoms with Gasteiger partial charge in [-0.15, -0.1) is 0 Å². The second kappa shape index (κ2) is 5.61. The molecule has 0 aliphatic carbocycles. The van der Waals surface area contributed by atoms with Gasteiger partial charge in [-0.3, -0.25) is 4.79 Å². The molecular formula is C14H19ClN2O. The molecule has 0 radical (unpaired) electrons. The van der Waals surface area contributed by atoms with E-state index in [1.807, 2.05) is 12.1 Å². The fourth-order valence-electron chi connectivity index (χ4n) is 2.78. The van der Waals surface area contributed by atoms with E-state index < -0.39 is 0 Å². The van der Waals surface area contributed by atoms with Gasteiger partial charge in [0.1, 0.15) is 0 Å². The standard InChI is InChI=1S/C14H19ClN2O/c1-10-5-11(2)8-17(7-10)14-4-3-12(16-9-18)6-13(14)15/h3-4,6,9-11H,5,7-8H2,1-2H3,(H,16,18). The number of nitrogens with one attached hydrogen (secondary N) is 1. The van der Waals surface area contributed by atoms with E-state index in [0.29, 0.717) is 23.3 Å². The maximum atomic E-state index is 10.4. The average molecular weight is 267 g/mol. The molecule has 1 aliphatic rings. The minimum atomic E-state index is 0.663. The number of hydrogen-bond donors (Lipinski definition) is 1. The van der Waals surface area contributed by atoms with Gasteiger partial charge in [0.15, 0.2) is 0 Å². The summed E-state index contributed by atoms with van der Waals surface area (Å²) in [5.41, 5.74) is 1.79. The number of hydrogen-bond acceptors (Lipinski definition) is 2. The molecule has 1 fully saturated rings. The van der Waals surface area contributed by atoms with Crippen molar-refractivity contribution >= 4 is 29.4 Å². The Morgan fingerprint density at radius 2 is 2.00 bits per heavy atom. The molecule has 0 bridgehead atoms. The highest BCUT2D eigenvalue weighted by Gasteiger charge is 2.23. The van der Waals surface area contributed by atoms with Crippen LogP contribution < -0.4 is 10.2 Å². The summed E-state index contributed by atoms with van der Waals surface area (Å²) in [5, 5.41) is 3.31. The van der Waals surface area contributed by atoms with Gasteiger partial charge in [0.25, 0.3) is 0 Å². The van der Waals surface area contributed by atoms with E-state index in [-0.39, 0.29) is 0 Å². The first kappa shape index (κ1) is 13.2. The monoisotopic (exact) mass is 266 g/mol. The number of rotatable bonds is 3. The zero-order valence-corrected chi connectivity index (χ0v) is 11.6. The van der Waals surface area contributed by atoms with Crippen molar-refractivity contribution in [3.63, 3.8) is 0 Å². The van der Waals surface area contributed by atoms with E-state index >= 15 is 0 Å². The van der Waals surface area contributed by atoms with Crippen molar-refractivity contribution in [2.45, 2.75) is 20.3 Å². The second-order valence-electron chi connectivity index (χ2n) is 5.28. The third-order valence-corrected chi connectivity index (χ3v) is 3.69. The van der Waals surface area contributed by atoms with Crippen LogP contribution in [-0.4, -0.2) is 19.5 Å². The Labute approximate surface area is 113 Å². The molecule has 3 nitrogen and oxygen atoms in total. The highest BCUT2D eigenvalue weighted by atomic mass is 35.5. The van der Waals surface area contributed by atoms with E-state index in [1.165, 1.54) is 6.42 Å². The number of carbonyl (C=O) groups is 1. The Bertz CT molecular complexity index is 426. The molecule has 2 unspecified atom stereocenters. The Balaban J connectivity index is 2.19. The molecule has 1 saturated heterocycles. The molecular weight excluding hydrogens is 248 g/mol. The van der Waals surface area contributed by atoms with E-state index in [4.69, 9.17) is 11.6 Å². The summed E-state index contributed by atoms with van der Waals surface area (Å²) >= 11 is 6.30. The molecule has 18 heavy (non-hydrogen) atoms. The average Bonchev–Trinajstić information content (AvgIpc) is 2.28. The van der Waals surface area contributed by atoms with Crippen molar-refractivity contribution < 1.29 is 4.79 Å². The largest absolute Gasteiger partial charge is 0.370 e. The summed E-state index contributed by atoms with van der Waals surface area (Å²) in [6, 6.07) is 5.67. The van der Waals surface area contributed by atoms with Crippen LogP contribution in [-0.2, 0) is 4.79 Å². The van der Waals surface area contributed by atoms with E-state index in [9.17, 15) is 4.79 Å². The van der Waals surface area contributed by atoms with Crippen molar-refractivity contribution in [2.75, 3.05) is 23.3 Å². The molecule has 1 aromatic carbocycles. The van der Waals surface area contributed by atoms with Gasteiger partial charge in [-0.25, -0.2) is 0 Å². The molecule has 4 heteroatoms. The van der Waals surface area contributed by atoms with Crippen LogP contribution in [0.25, 0.3) is 0 Å². The molecule has 0 spiro atoms. The van der Waals surface area contributed by atoms with E-state index in [1.54, 1.807) is 6.07 Å². The van der Waals surface area contributed by atoms with Gasteiger partial charge < -0.3 is 10.2 Å². The van der Waals surface area contributed by atoms with Crippen molar-refractivity contribution in [3.05, 3.63) is 23.2 Å². The summed E-state index contributed by atoms with van der Waals surface area (Å²) in [6.45, 7) is 6.65. The molecule has 0 aromatic heterocycles. The van der Waals surface area contributed by atoms with Crippen LogP contribution in [0.1, 0.15) is 20.3 Å². The Morgan fingerprint density at radius 3 is 2.56 bits per heavy atom. The third-order valence-electron chi connectivity index (χ3n) is 3.38. The minimum Gasteiger partial charge on any atom is -0.370 e. The fourth-order valence-corrected chi connectivity index (χ4v) is 3.08. The predicted molar refractivity (Wildman–Crippen MR) is 76.3 cm³/mol. The van der Waals surface area contributed by atoms with Crippen LogP contribution in [0.5, 0.6) is 0 Å². The van der Waals surface area contributed by atoms with E-state index in [0.717, 1.165) is 24.5 Å². The number of nitrogens with zero attached hydrogens (tertiary/aromatic N) is 1. The number of carbonyl (C=O) groups excluding carboxylic acids is 1. The minimum absolute atomic E-state index is 0.663. The summed E-state index contributed by atoms with van der Waals surface area (Å²) in [6.07, 6.45) is 1.94. The topological polar surface area (TPSA) is 32.3 Å². The summed E-state index contributed by atoms with van der Waals surface area (Å²) in [4.78, 5) is 12.7. The summed E-state index contributed by atoms with van der Waals surface area (Å²) in [5.74, 6) is 1.38. The number of halogens is 1. The molecule has 1 aromatic rings. The first-order valence-electron chi connectivity index (χ1n) is 6.35. The second-order valence-corrected chi connectivity index (χ2v) is 5.69. The zero-order valence-electron chi connectivity index (χ0n) is 10.8. The zero-order chi connectivity index (χ0) is 13.1. The van der Waals surface area contributed by atoms with Crippen LogP contribution in [0.3, 0.4) is 0 Å². The molecule has 1 aliphatic heterocycles. The Kier molecular flexibility index (Phi) is 4.12. The van der Waals surface area contributed by atoms with Crippen LogP contribution in [0.4, 0.5) is 11.4 Å². The predicted octanol–water partition coefficient (Wildman–Crippen LogP) is 3.39. The van der Waals surface area contributed by atoms with Gasteiger partial charge in [-0.05, 0) is 36.5 Å². The fraction of sp³-hybridized carbons (Fsp3) is 0.500. The van der Waals surface area contributed by atoms with Gasteiger partial charge in [-0.1, -0.05) is 25.4 Å². The van der Waals surface area contributed by atoms with Gasteiger partial charge in [0.2, 0.25) is 6.41 Å². The molecule has 2 rings (SSSR count). The van der Waals surface area contributed by atoms with Gasteiger partial charge >= 0.3 is 0 Å². The number of amides is 1. The Morgan fingerprint density at radius 1 is 1.33 bits per heavy atom. The highest BCUT2D eigenvalue weighted by Crippen LogP contribution is 2.33. The quantitative estimate of drug-likeness (QED) is 0.851. The maximum absolute atomic E-state index is 10.4. The van der Waals surface area contributed by atoms with Crippen molar-refractivity contribution in [2.24, 2.45) is 11.8 Å². The van der Waals surface area contributed by atoms with Crippen LogP contribution >= 0.6 is 11.6 Å². The molecule has 1 amide bonds. The maximum Gasteiger partial charge on any atom is 0.211 e.